The van der Waals surface area contributed by atoms with Gasteiger partial charge in [-0.3, -0.25) is 4.79 Å². The number of amides is 1. The van der Waals surface area contributed by atoms with Crippen LogP contribution in [0.2, 0.25) is 0 Å². The second-order valence-electron chi connectivity index (χ2n) is 3.87. The van der Waals surface area contributed by atoms with Crippen molar-refractivity contribution < 1.29 is 9.53 Å². The quantitative estimate of drug-likeness (QED) is 0.785. The first-order valence-corrected chi connectivity index (χ1v) is 5.75. The second-order valence-corrected chi connectivity index (χ2v) is 3.87. The Morgan fingerprint density at radius 1 is 1.47 bits per heavy atom. The predicted octanol–water partition coefficient (Wildman–Crippen LogP) is 1.42. The fourth-order valence-corrected chi connectivity index (χ4v) is 1.29. The Hall–Kier alpha value is -1.78. The molecule has 0 atom stereocenters. The lowest BCUT2D eigenvalue weighted by Crippen LogP contribution is -2.34. The summed E-state index contributed by atoms with van der Waals surface area (Å²) < 4.78 is 5.27. The molecule has 1 aromatic rings. The minimum atomic E-state index is -0.0522. The Balaban J connectivity index is 2.45. The molecule has 1 heterocycles. The third-order valence-corrected chi connectivity index (χ3v) is 1.90. The lowest BCUT2D eigenvalue weighted by Gasteiger charge is -2.10. The fourth-order valence-electron chi connectivity index (χ4n) is 1.29. The second kappa shape index (κ2) is 6.73. The zero-order valence-electron chi connectivity index (χ0n) is 10.5. The number of hydrogen-bond donors (Lipinski definition) is 2. The van der Waals surface area contributed by atoms with Gasteiger partial charge in [-0.05, 0) is 26.8 Å². The molecule has 0 unspecified atom stereocenters. The van der Waals surface area contributed by atoms with Crippen LogP contribution >= 0.6 is 0 Å². The monoisotopic (exact) mass is 237 g/mol. The van der Waals surface area contributed by atoms with E-state index >= 15 is 0 Å². The Bertz CT molecular complexity index is 367. The number of pyridine rings is 1. The largest absolute Gasteiger partial charge is 0.478 e. The van der Waals surface area contributed by atoms with E-state index in [0.29, 0.717) is 18.3 Å². The molecular weight excluding hydrogens is 218 g/mol. The van der Waals surface area contributed by atoms with E-state index in [9.17, 15) is 4.79 Å². The van der Waals surface area contributed by atoms with E-state index in [2.05, 4.69) is 15.6 Å². The van der Waals surface area contributed by atoms with Gasteiger partial charge in [-0.2, -0.15) is 4.98 Å². The van der Waals surface area contributed by atoms with E-state index in [0.717, 1.165) is 0 Å². The lowest BCUT2D eigenvalue weighted by molar-refractivity contribution is -0.119. The van der Waals surface area contributed by atoms with Crippen molar-refractivity contribution in [1.82, 2.24) is 10.3 Å². The van der Waals surface area contributed by atoms with Crippen molar-refractivity contribution in [2.24, 2.45) is 0 Å². The molecule has 0 aliphatic rings. The van der Waals surface area contributed by atoms with Crippen LogP contribution in [0, 0.1) is 0 Å². The molecule has 0 fully saturated rings. The van der Waals surface area contributed by atoms with E-state index in [1.165, 1.54) is 0 Å². The van der Waals surface area contributed by atoms with Crippen LogP contribution in [0.25, 0.3) is 0 Å². The summed E-state index contributed by atoms with van der Waals surface area (Å²) >= 11 is 0. The molecule has 0 saturated carbocycles. The van der Waals surface area contributed by atoms with Crippen LogP contribution in [0.15, 0.2) is 18.2 Å². The summed E-state index contributed by atoms with van der Waals surface area (Å²) in [5.41, 5.74) is 0. The fraction of sp³-hybridized carbons (Fsp3) is 0.500. The maximum atomic E-state index is 11.4. The van der Waals surface area contributed by atoms with Crippen LogP contribution in [-0.2, 0) is 4.79 Å². The van der Waals surface area contributed by atoms with Gasteiger partial charge in [0.1, 0.15) is 5.82 Å². The Morgan fingerprint density at radius 2 is 2.24 bits per heavy atom. The van der Waals surface area contributed by atoms with Crippen molar-refractivity contribution in [2.45, 2.75) is 26.8 Å². The van der Waals surface area contributed by atoms with Gasteiger partial charge in [-0.25, -0.2) is 0 Å². The molecule has 17 heavy (non-hydrogen) atoms. The van der Waals surface area contributed by atoms with Gasteiger partial charge in [0, 0.05) is 12.1 Å². The Kier molecular flexibility index (Phi) is 5.26. The number of aromatic nitrogens is 1. The van der Waals surface area contributed by atoms with Crippen molar-refractivity contribution >= 4 is 11.7 Å². The zero-order chi connectivity index (χ0) is 12.7. The molecule has 5 nitrogen and oxygen atoms in total. The molecular formula is C12H19N3O2. The molecule has 0 aliphatic heterocycles. The summed E-state index contributed by atoms with van der Waals surface area (Å²) in [5.74, 6) is 1.14. The third-order valence-electron chi connectivity index (χ3n) is 1.90. The van der Waals surface area contributed by atoms with Gasteiger partial charge in [0.15, 0.2) is 0 Å². The van der Waals surface area contributed by atoms with E-state index in [4.69, 9.17) is 4.74 Å². The summed E-state index contributed by atoms with van der Waals surface area (Å²) in [6.07, 6.45) is 0. The number of carbonyl (C=O) groups excluding carboxylic acids is 1. The number of carbonyl (C=O) groups is 1. The van der Waals surface area contributed by atoms with Crippen LogP contribution in [0.1, 0.15) is 20.8 Å². The van der Waals surface area contributed by atoms with Crippen molar-refractivity contribution in [1.29, 1.82) is 0 Å². The molecule has 0 saturated heterocycles. The highest BCUT2D eigenvalue weighted by Crippen LogP contribution is 2.10. The van der Waals surface area contributed by atoms with Gasteiger partial charge in [0.25, 0.3) is 0 Å². The first-order valence-electron chi connectivity index (χ1n) is 5.75. The highest BCUT2D eigenvalue weighted by Gasteiger charge is 2.03. The molecule has 0 aliphatic carbocycles. The van der Waals surface area contributed by atoms with E-state index in [1.54, 1.807) is 12.1 Å². The average molecular weight is 237 g/mol. The van der Waals surface area contributed by atoms with Crippen LogP contribution in [0.5, 0.6) is 5.88 Å². The van der Waals surface area contributed by atoms with Gasteiger partial charge in [0.05, 0.1) is 13.2 Å². The van der Waals surface area contributed by atoms with Crippen LogP contribution < -0.4 is 15.4 Å². The summed E-state index contributed by atoms with van der Waals surface area (Å²) in [5, 5.41) is 5.74. The predicted molar refractivity (Wildman–Crippen MR) is 67.2 cm³/mol. The van der Waals surface area contributed by atoms with Crippen molar-refractivity contribution in [3.05, 3.63) is 18.2 Å². The first kappa shape index (κ1) is 13.3. The first-order chi connectivity index (χ1) is 8.11. The topological polar surface area (TPSA) is 63.2 Å². The standard InChI is InChI=1S/C12H19N3O2/c1-4-17-12-7-5-6-10(15-12)13-8-11(16)14-9(2)3/h5-7,9H,4,8H2,1-3H3,(H,13,15)(H,14,16). The van der Waals surface area contributed by atoms with E-state index in [1.807, 2.05) is 26.8 Å². The van der Waals surface area contributed by atoms with E-state index < -0.39 is 0 Å². The van der Waals surface area contributed by atoms with Crippen LogP contribution in [-0.4, -0.2) is 30.1 Å². The van der Waals surface area contributed by atoms with Gasteiger partial charge in [-0.1, -0.05) is 6.07 Å². The number of ether oxygens (including phenoxy) is 1. The number of nitrogens with one attached hydrogen (secondary N) is 2. The van der Waals surface area contributed by atoms with Gasteiger partial charge in [0.2, 0.25) is 11.8 Å². The zero-order valence-corrected chi connectivity index (χ0v) is 10.5. The highest BCUT2D eigenvalue weighted by molar-refractivity contribution is 5.80. The van der Waals surface area contributed by atoms with Crippen LogP contribution in [0.3, 0.4) is 0 Å². The van der Waals surface area contributed by atoms with Crippen molar-refractivity contribution in [3.8, 4) is 5.88 Å². The molecule has 1 aromatic heterocycles. The normalized spacial score (nSPS) is 10.1. The molecule has 0 spiro atoms. The minimum absolute atomic E-state index is 0.0522. The number of hydrogen-bond acceptors (Lipinski definition) is 4. The van der Waals surface area contributed by atoms with Crippen molar-refractivity contribution in [3.63, 3.8) is 0 Å². The smallest absolute Gasteiger partial charge is 0.239 e. The van der Waals surface area contributed by atoms with Crippen molar-refractivity contribution in [2.75, 3.05) is 18.5 Å². The summed E-state index contributed by atoms with van der Waals surface area (Å²) in [6, 6.07) is 5.56. The molecule has 1 rings (SSSR count). The summed E-state index contributed by atoms with van der Waals surface area (Å²) in [6.45, 7) is 6.53. The SMILES string of the molecule is CCOc1cccc(NCC(=O)NC(C)C)n1. The number of anilines is 1. The average Bonchev–Trinajstić information content (AvgIpc) is 2.26. The summed E-state index contributed by atoms with van der Waals surface area (Å²) in [4.78, 5) is 15.6. The number of rotatable bonds is 6. The molecule has 0 bridgehead atoms. The van der Waals surface area contributed by atoms with Gasteiger partial charge >= 0.3 is 0 Å². The summed E-state index contributed by atoms with van der Waals surface area (Å²) in [7, 11) is 0. The molecule has 0 aromatic carbocycles. The maximum Gasteiger partial charge on any atom is 0.239 e. The van der Waals surface area contributed by atoms with Gasteiger partial charge < -0.3 is 15.4 Å². The maximum absolute atomic E-state index is 11.4. The lowest BCUT2D eigenvalue weighted by atomic mass is 10.4. The van der Waals surface area contributed by atoms with E-state index in [-0.39, 0.29) is 18.5 Å². The molecule has 2 N–H and O–H groups in total. The number of nitrogens with zero attached hydrogens (tertiary/aromatic N) is 1. The highest BCUT2D eigenvalue weighted by atomic mass is 16.5. The molecule has 0 radical (unpaired) electrons. The molecule has 94 valence electrons. The Morgan fingerprint density at radius 3 is 2.88 bits per heavy atom. The Labute approximate surface area is 102 Å². The minimum Gasteiger partial charge on any atom is -0.478 e. The molecule has 1 amide bonds. The molecule has 5 heteroatoms. The third kappa shape index (κ3) is 5.19. The van der Waals surface area contributed by atoms with Crippen LogP contribution in [0.4, 0.5) is 5.82 Å². The van der Waals surface area contributed by atoms with Gasteiger partial charge in [-0.15, -0.1) is 0 Å².